The first-order valence-corrected chi connectivity index (χ1v) is 8.02. The molecule has 23 heavy (non-hydrogen) atoms. The van der Waals surface area contributed by atoms with Crippen LogP contribution in [-0.2, 0) is 6.54 Å². The number of pyridine rings is 1. The Labute approximate surface area is 140 Å². The van der Waals surface area contributed by atoms with Gasteiger partial charge in [-0.1, -0.05) is 23.7 Å². The van der Waals surface area contributed by atoms with E-state index in [1.807, 2.05) is 41.3 Å². The average Bonchev–Trinajstić information content (AvgIpc) is 2.61. The Morgan fingerprint density at radius 2 is 1.87 bits per heavy atom. The summed E-state index contributed by atoms with van der Waals surface area (Å²) in [6.45, 7) is 3.57. The third-order valence-corrected chi connectivity index (χ3v) is 4.16. The number of anilines is 1. The van der Waals surface area contributed by atoms with Gasteiger partial charge in [0, 0.05) is 55.8 Å². The summed E-state index contributed by atoms with van der Waals surface area (Å²) < 4.78 is 0. The molecular weight excluding hydrogens is 312 g/mol. The molecule has 3 rings (SSSR count). The van der Waals surface area contributed by atoms with Gasteiger partial charge in [0.15, 0.2) is 0 Å². The number of halogens is 1. The third-order valence-electron chi connectivity index (χ3n) is 3.93. The quantitative estimate of drug-likeness (QED) is 0.941. The maximum Gasteiger partial charge on any atom is 0.317 e. The van der Waals surface area contributed by atoms with Crippen molar-refractivity contribution in [2.24, 2.45) is 0 Å². The van der Waals surface area contributed by atoms with Crippen molar-refractivity contribution in [3.63, 3.8) is 0 Å². The summed E-state index contributed by atoms with van der Waals surface area (Å²) >= 11 is 5.95. The average molecular weight is 331 g/mol. The van der Waals surface area contributed by atoms with E-state index in [9.17, 15) is 4.79 Å². The number of rotatable bonds is 3. The zero-order valence-corrected chi connectivity index (χ0v) is 13.5. The molecule has 0 saturated carbocycles. The number of nitrogens with zero attached hydrogens (tertiary/aromatic N) is 3. The predicted molar refractivity (Wildman–Crippen MR) is 91.7 cm³/mol. The number of aromatic nitrogens is 1. The molecule has 0 unspecified atom stereocenters. The molecule has 2 heterocycles. The van der Waals surface area contributed by atoms with E-state index in [2.05, 4.69) is 15.2 Å². The molecule has 0 bridgehead atoms. The maximum atomic E-state index is 12.3. The van der Waals surface area contributed by atoms with Crippen molar-refractivity contribution in [1.82, 2.24) is 15.2 Å². The zero-order valence-electron chi connectivity index (χ0n) is 12.8. The highest BCUT2D eigenvalue weighted by Crippen LogP contribution is 2.15. The summed E-state index contributed by atoms with van der Waals surface area (Å²) in [5, 5.41) is 3.63. The van der Waals surface area contributed by atoms with Crippen molar-refractivity contribution in [2.45, 2.75) is 6.54 Å². The van der Waals surface area contributed by atoms with E-state index in [-0.39, 0.29) is 6.03 Å². The summed E-state index contributed by atoms with van der Waals surface area (Å²) in [5.41, 5.74) is 2.15. The summed E-state index contributed by atoms with van der Waals surface area (Å²) in [6.07, 6.45) is 3.58. The molecule has 5 nitrogen and oxygen atoms in total. The molecule has 1 fully saturated rings. The second-order valence-electron chi connectivity index (χ2n) is 5.47. The molecule has 0 aliphatic carbocycles. The van der Waals surface area contributed by atoms with Crippen LogP contribution in [0.3, 0.4) is 0 Å². The van der Waals surface area contributed by atoms with Crippen LogP contribution in [-0.4, -0.2) is 42.1 Å². The number of urea groups is 1. The standard InChI is InChI=1S/C17H19ClN4O/c18-15-3-1-2-14(12-15)13-20-17(23)22-10-8-21(9-11-22)16-4-6-19-7-5-16/h1-7,12H,8-11,13H2,(H,20,23). The van der Waals surface area contributed by atoms with Gasteiger partial charge < -0.3 is 15.1 Å². The van der Waals surface area contributed by atoms with Gasteiger partial charge in [-0.05, 0) is 29.8 Å². The SMILES string of the molecule is O=C(NCc1cccc(Cl)c1)N1CCN(c2ccncc2)CC1. The topological polar surface area (TPSA) is 48.5 Å². The summed E-state index contributed by atoms with van der Waals surface area (Å²) in [4.78, 5) is 20.4. The number of piperazine rings is 1. The van der Waals surface area contributed by atoms with Crippen LogP contribution in [0.2, 0.25) is 5.02 Å². The van der Waals surface area contributed by atoms with E-state index < -0.39 is 0 Å². The van der Waals surface area contributed by atoms with E-state index in [0.29, 0.717) is 24.7 Å². The first kappa shape index (κ1) is 15.6. The molecule has 0 radical (unpaired) electrons. The number of hydrogen-bond acceptors (Lipinski definition) is 3. The first-order chi connectivity index (χ1) is 11.2. The maximum absolute atomic E-state index is 12.3. The normalized spacial score (nSPS) is 14.7. The largest absolute Gasteiger partial charge is 0.368 e. The van der Waals surface area contributed by atoms with Crippen molar-refractivity contribution in [1.29, 1.82) is 0 Å². The fourth-order valence-corrected chi connectivity index (χ4v) is 2.87. The molecular formula is C17H19ClN4O. The van der Waals surface area contributed by atoms with Crippen LogP contribution in [0, 0.1) is 0 Å². The number of benzene rings is 1. The lowest BCUT2D eigenvalue weighted by atomic mass is 10.2. The molecule has 2 aromatic rings. The molecule has 1 aromatic heterocycles. The van der Waals surface area contributed by atoms with Crippen molar-refractivity contribution in [3.8, 4) is 0 Å². The Balaban J connectivity index is 1.48. The van der Waals surface area contributed by atoms with Gasteiger partial charge in [-0.15, -0.1) is 0 Å². The van der Waals surface area contributed by atoms with Gasteiger partial charge in [0.25, 0.3) is 0 Å². The molecule has 0 atom stereocenters. The van der Waals surface area contributed by atoms with Gasteiger partial charge in [0.2, 0.25) is 0 Å². The Morgan fingerprint density at radius 3 is 2.57 bits per heavy atom. The lowest BCUT2D eigenvalue weighted by Crippen LogP contribution is -2.51. The Bertz CT molecular complexity index is 657. The van der Waals surface area contributed by atoms with Gasteiger partial charge in [-0.25, -0.2) is 4.79 Å². The monoisotopic (exact) mass is 330 g/mol. The van der Waals surface area contributed by atoms with E-state index in [4.69, 9.17) is 11.6 Å². The molecule has 1 aliphatic rings. The summed E-state index contributed by atoms with van der Waals surface area (Å²) in [5.74, 6) is 0. The second kappa shape index (κ2) is 7.33. The molecule has 1 aliphatic heterocycles. The number of hydrogen-bond donors (Lipinski definition) is 1. The number of amides is 2. The van der Waals surface area contributed by atoms with Crippen LogP contribution >= 0.6 is 11.6 Å². The molecule has 2 amide bonds. The minimum Gasteiger partial charge on any atom is -0.368 e. The van der Waals surface area contributed by atoms with Crippen molar-refractivity contribution in [2.75, 3.05) is 31.1 Å². The molecule has 1 saturated heterocycles. The van der Waals surface area contributed by atoms with Gasteiger partial charge in [0.05, 0.1) is 0 Å². The summed E-state index contributed by atoms with van der Waals surface area (Å²) in [6, 6.07) is 11.5. The Kier molecular flexibility index (Phi) is 4.98. The fraction of sp³-hybridized carbons (Fsp3) is 0.294. The minimum atomic E-state index is -0.0284. The van der Waals surface area contributed by atoms with Gasteiger partial charge in [0.1, 0.15) is 0 Å². The molecule has 6 heteroatoms. The van der Waals surface area contributed by atoms with Crippen LogP contribution in [0.5, 0.6) is 0 Å². The van der Waals surface area contributed by atoms with Crippen LogP contribution in [0.4, 0.5) is 10.5 Å². The lowest BCUT2D eigenvalue weighted by molar-refractivity contribution is 0.194. The number of carbonyl (C=O) groups is 1. The van der Waals surface area contributed by atoms with Crippen molar-refractivity contribution < 1.29 is 4.79 Å². The van der Waals surface area contributed by atoms with Gasteiger partial charge >= 0.3 is 6.03 Å². The van der Waals surface area contributed by atoms with Crippen molar-refractivity contribution in [3.05, 3.63) is 59.4 Å². The molecule has 1 N–H and O–H groups in total. The second-order valence-corrected chi connectivity index (χ2v) is 5.90. The van der Waals surface area contributed by atoms with Crippen LogP contribution in [0.25, 0.3) is 0 Å². The van der Waals surface area contributed by atoms with Crippen LogP contribution < -0.4 is 10.2 Å². The number of nitrogens with one attached hydrogen (secondary N) is 1. The zero-order chi connectivity index (χ0) is 16.1. The highest BCUT2D eigenvalue weighted by Gasteiger charge is 2.20. The van der Waals surface area contributed by atoms with E-state index in [0.717, 1.165) is 24.3 Å². The highest BCUT2D eigenvalue weighted by atomic mass is 35.5. The summed E-state index contributed by atoms with van der Waals surface area (Å²) in [7, 11) is 0. The fourth-order valence-electron chi connectivity index (χ4n) is 2.66. The molecule has 120 valence electrons. The number of carbonyl (C=O) groups excluding carboxylic acids is 1. The molecule has 1 aromatic carbocycles. The van der Waals surface area contributed by atoms with Crippen LogP contribution in [0.15, 0.2) is 48.8 Å². The third kappa shape index (κ3) is 4.13. The van der Waals surface area contributed by atoms with E-state index in [1.165, 1.54) is 0 Å². The Hall–Kier alpha value is -2.27. The smallest absolute Gasteiger partial charge is 0.317 e. The first-order valence-electron chi connectivity index (χ1n) is 7.64. The van der Waals surface area contributed by atoms with Gasteiger partial charge in [-0.3, -0.25) is 4.98 Å². The van der Waals surface area contributed by atoms with E-state index >= 15 is 0 Å². The predicted octanol–water partition coefficient (Wildman–Crippen LogP) is 2.77. The molecule has 0 spiro atoms. The lowest BCUT2D eigenvalue weighted by Gasteiger charge is -2.36. The van der Waals surface area contributed by atoms with E-state index in [1.54, 1.807) is 12.4 Å². The van der Waals surface area contributed by atoms with Crippen molar-refractivity contribution >= 4 is 23.3 Å². The van der Waals surface area contributed by atoms with Gasteiger partial charge in [-0.2, -0.15) is 0 Å². The highest BCUT2D eigenvalue weighted by molar-refractivity contribution is 6.30. The van der Waals surface area contributed by atoms with Crippen LogP contribution in [0.1, 0.15) is 5.56 Å². The Morgan fingerprint density at radius 1 is 1.13 bits per heavy atom. The minimum absolute atomic E-state index is 0.0284.